The molecule has 0 unspecified atom stereocenters. The van der Waals surface area contributed by atoms with Crippen molar-refractivity contribution in [1.82, 2.24) is 4.90 Å². The number of amides is 3. The standard InChI is InChI=1S/C45H49N3O7/c1-7-22-47-38-21-16-33(46-42(51)29-12-17-35(53-5)18-13-29)24-37(38)45(43(47)52)28(2)41(44(3,4)32-14-19-36(54-6)20-15-32)39(55-45)25-40(50)48-26-31-11-9-8-10-30(31)23-34(48)27-49/h7-21,24,28,34,39,41,49H,1,22-23,25-27H2,2-6H3,(H,46,51)/t28-,34+,39+,41-,45+/m1/s1. The maximum Gasteiger partial charge on any atom is 0.264 e. The molecule has 286 valence electrons. The molecule has 10 heteroatoms. The van der Waals surface area contributed by atoms with E-state index < -0.39 is 23.0 Å². The number of rotatable bonds is 11. The molecule has 10 nitrogen and oxygen atoms in total. The number of ether oxygens (including phenoxy) is 3. The van der Waals surface area contributed by atoms with Gasteiger partial charge in [-0.2, -0.15) is 0 Å². The van der Waals surface area contributed by atoms with E-state index >= 15 is 0 Å². The molecule has 0 radical (unpaired) electrons. The van der Waals surface area contributed by atoms with Crippen molar-refractivity contribution in [3.63, 3.8) is 0 Å². The van der Waals surface area contributed by atoms with Crippen LogP contribution in [0.4, 0.5) is 11.4 Å². The minimum absolute atomic E-state index is 0.00692. The highest BCUT2D eigenvalue weighted by atomic mass is 16.5. The molecule has 1 saturated heterocycles. The minimum Gasteiger partial charge on any atom is -0.497 e. The molecular formula is C45H49N3O7. The van der Waals surface area contributed by atoms with E-state index in [1.807, 2.05) is 67.6 Å². The Labute approximate surface area is 322 Å². The fourth-order valence-electron chi connectivity index (χ4n) is 9.18. The van der Waals surface area contributed by atoms with Crippen LogP contribution in [0.3, 0.4) is 0 Å². The van der Waals surface area contributed by atoms with Crippen LogP contribution in [0, 0.1) is 11.8 Å². The van der Waals surface area contributed by atoms with Crippen LogP contribution in [0.5, 0.6) is 11.5 Å². The van der Waals surface area contributed by atoms with Crippen LogP contribution in [0.25, 0.3) is 0 Å². The Kier molecular flexibility index (Phi) is 10.3. The van der Waals surface area contributed by atoms with Gasteiger partial charge in [-0.1, -0.05) is 63.2 Å². The van der Waals surface area contributed by atoms with Crippen molar-refractivity contribution in [2.75, 3.05) is 37.6 Å². The average Bonchev–Trinajstić information content (AvgIpc) is 3.63. The highest BCUT2D eigenvalue weighted by molar-refractivity contribution is 6.09. The van der Waals surface area contributed by atoms with Gasteiger partial charge in [0.05, 0.1) is 45.1 Å². The Morgan fingerprint density at radius 3 is 2.27 bits per heavy atom. The van der Waals surface area contributed by atoms with Crippen LogP contribution < -0.4 is 19.7 Å². The number of hydrogen-bond acceptors (Lipinski definition) is 7. The first-order valence-electron chi connectivity index (χ1n) is 18.8. The van der Waals surface area contributed by atoms with Gasteiger partial charge in [-0.15, -0.1) is 6.58 Å². The van der Waals surface area contributed by atoms with Crippen LogP contribution in [0.2, 0.25) is 0 Å². The third kappa shape index (κ3) is 6.57. The third-order valence-corrected chi connectivity index (χ3v) is 12.0. The van der Waals surface area contributed by atoms with Gasteiger partial charge < -0.3 is 34.4 Å². The summed E-state index contributed by atoms with van der Waals surface area (Å²) in [5, 5.41) is 13.5. The first kappa shape index (κ1) is 37.8. The summed E-state index contributed by atoms with van der Waals surface area (Å²) in [7, 11) is 3.20. The van der Waals surface area contributed by atoms with Gasteiger partial charge in [0.25, 0.3) is 11.8 Å². The normalized spacial score (nSPS) is 23.0. The van der Waals surface area contributed by atoms with Crippen LogP contribution in [-0.4, -0.2) is 67.2 Å². The van der Waals surface area contributed by atoms with Gasteiger partial charge in [0.15, 0.2) is 5.60 Å². The van der Waals surface area contributed by atoms with Crippen molar-refractivity contribution in [2.45, 2.75) is 63.3 Å². The minimum atomic E-state index is -1.47. The van der Waals surface area contributed by atoms with E-state index in [1.165, 1.54) is 0 Å². The van der Waals surface area contributed by atoms with Gasteiger partial charge in [0.1, 0.15) is 11.5 Å². The second kappa shape index (κ2) is 15.0. The number of aliphatic hydroxyl groups is 1. The zero-order chi connectivity index (χ0) is 39.1. The molecule has 2 N–H and O–H groups in total. The number of methoxy groups -OCH3 is 2. The lowest BCUT2D eigenvalue weighted by molar-refractivity contribution is -0.151. The fraction of sp³-hybridized carbons (Fsp3) is 0.356. The third-order valence-electron chi connectivity index (χ3n) is 12.0. The SMILES string of the molecule is C=CCN1C(=O)[C@@]2(O[C@@H](CC(=O)N3Cc4ccccc4C[C@H]3CO)[C@H](C(C)(C)c3ccc(OC)cc3)[C@H]2C)c2cc(NC(=O)c3ccc(OC)cc3)ccc21. The molecule has 1 spiro atoms. The number of carbonyl (C=O) groups excluding carboxylic acids is 3. The van der Waals surface area contributed by atoms with Gasteiger partial charge in [0.2, 0.25) is 5.91 Å². The number of nitrogens with one attached hydrogen (secondary N) is 1. The summed E-state index contributed by atoms with van der Waals surface area (Å²) >= 11 is 0. The smallest absolute Gasteiger partial charge is 0.264 e. The van der Waals surface area contributed by atoms with Crippen molar-refractivity contribution >= 4 is 29.1 Å². The second-order valence-corrected chi connectivity index (χ2v) is 15.3. The molecule has 1 fully saturated rings. The van der Waals surface area contributed by atoms with Gasteiger partial charge in [-0.25, -0.2) is 0 Å². The summed E-state index contributed by atoms with van der Waals surface area (Å²) in [6, 6.07) is 27.8. The summed E-state index contributed by atoms with van der Waals surface area (Å²) in [6.07, 6.45) is 1.56. The lowest BCUT2D eigenvalue weighted by Gasteiger charge is -2.40. The van der Waals surface area contributed by atoms with E-state index in [1.54, 1.807) is 60.4 Å². The predicted molar refractivity (Wildman–Crippen MR) is 211 cm³/mol. The van der Waals surface area contributed by atoms with Crippen LogP contribution in [-0.2, 0) is 38.3 Å². The van der Waals surface area contributed by atoms with Crippen LogP contribution in [0.1, 0.15) is 59.8 Å². The molecule has 7 rings (SSSR count). The maximum atomic E-state index is 15.0. The maximum absolute atomic E-state index is 15.0. The molecule has 0 bridgehead atoms. The molecule has 5 atom stereocenters. The van der Waals surface area contributed by atoms with Crippen molar-refractivity contribution in [1.29, 1.82) is 0 Å². The van der Waals surface area contributed by atoms with Crippen molar-refractivity contribution in [2.24, 2.45) is 11.8 Å². The van der Waals surface area contributed by atoms with E-state index in [9.17, 15) is 19.5 Å². The van der Waals surface area contributed by atoms with Crippen LogP contribution >= 0.6 is 0 Å². The molecule has 0 aromatic heterocycles. The summed E-state index contributed by atoms with van der Waals surface area (Å²) < 4.78 is 17.9. The molecular weight excluding hydrogens is 695 g/mol. The molecule has 0 saturated carbocycles. The second-order valence-electron chi connectivity index (χ2n) is 15.3. The number of hydrogen-bond donors (Lipinski definition) is 2. The topological polar surface area (TPSA) is 118 Å². The van der Waals surface area contributed by atoms with E-state index in [4.69, 9.17) is 14.2 Å². The summed E-state index contributed by atoms with van der Waals surface area (Å²) in [6.45, 7) is 10.7. The fourth-order valence-corrected chi connectivity index (χ4v) is 9.18. The zero-order valence-corrected chi connectivity index (χ0v) is 32.1. The van der Waals surface area contributed by atoms with Crippen molar-refractivity contribution in [3.8, 4) is 11.5 Å². The average molecular weight is 744 g/mol. The van der Waals surface area contributed by atoms with Crippen molar-refractivity contribution < 1.29 is 33.7 Å². The van der Waals surface area contributed by atoms with E-state index in [2.05, 4.69) is 25.7 Å². The molecule has 3 amide bonds. The summed E-state index contributed by atoms with van der Waals surface area (Å²) in [4.78, 5) is 46.4. The molecule has 55 heavy (non-hydrogen) atoms. The Morgan fingerprint density at radius 2 is 1.64 bits per heavy atom. The monoisotopic (exact) mass is 743 g/mol. The van der Waals surface area contributed by atoms with Gasteiger partial charge in [-0.3, -0.25) is 14.4 Å². The number of nitrogens with zero attached hydrogens (tertiary/aromatic N) is 2. The molecule has 3 aliphatic rings. The Morgan fingerprint density at radius 1 is 0.982 bits per heavy atom. The number of fused-ring (bicyclic) bond motifs is 3. The zero-order valence-electron chi connectivity index (χ0n) is 32.1. The number of anilines is 2. The number of carbonyl (C=O) groups is 3. The van der Waals surface area contributed by atoms with E-state index in [-0.39, 0.29) is 49.3 Å². The Balaban J connectivity index is 1.29. The van der Waals surface area contributed by atoms with Crippen molar-refractivity contribution in [3.05, 3.63) is 131 Å². The van der Waals surface area contributed by atoms with Gasteiger partial charge in [-0.05, 0) is 83.1 Å². The first-order valence-corrected chi connectivity index (χ1v) is 18.8. The van der Waals surface area contributed by atoms with E-state index in [0.29, 0.717) is 41.2 Å². The molecule has 4 aromatic carbocycles. The quantitative estimate of drug-likeness (QED) is 0.165. The summed E-state index contributed by atoms with van der Waals surface area (Å²) in [5.41, 5.74) is 3.39. The lowest BCUT2D eigenvalue weighted by Crippen LogP contribution is -2.48. The number of benzene rings is 4. The van der Waals surface area contributed by atoms with Gasteiger partial charge >= 0.3 is 0 Å². The molecule has 4 aromatic rings. The molecule has 0 aliphatic carbocycles. The largest absolute Gasteiger partial charge is 0.497 e. The molecule has 3 aliphatic heterocycles. The Bertz CT molecular complexity index is 2100. The Hall–Kier alpha value is -5.45. The van der Waals surface area contributed by atoms with E-state index in [0.717, 1.165) is 22.4 Å². The summed E-state index contributed by atoms with van der Waals surface area (Å²) in [5.74, 6) is -0.0804. The highest BCUT2D eigenvalue weighted by Crippen LogP contribution is 2.60. The number of aliphatic hydroxyl groups excluding tert-OH is 1. The first-order chi connectivity index (χ1) is 26.5. The highest BCUT2D eigenvalue weighted by Gasteiger charge is 2.66. The predicted octanol–water partition coefficient (Wildman–Crippen LogP) is 6.65. The van der Waals surface area contributed by atoms with Gasteiger partial charge in [0, 0.05) is 41.7 Å². The van der Waals surface area contributed by atoms with Crippen LogP contribution in [0.15, 0.2) is 104 Å². The lowest BCUT2D eigenvalue weighted by atomic mass is 9.63. The molecule has 3 heterocycles.